The summed E-state index contributed by atoms with van der Waals surface area (Å²) in [6, 6.07) is 3.39. The van der Waals surface area contributed by atoms with Gasteiger partial charge in [0.15, 0.2) is 0 Å². The molecule has 0 saturated heterocycles. The number of allylic oxidation sites excluding steroid dienone is 2. The van der Waals surface area contributed by atoms with Gasteiger partial charge in [-0.25, -0.2) is 0 Å². The highest BCUT2D eigenvalue weighted by Gasteiger charge is 1.91. The van der Waals surface area contributed by atoms with Crippen molar-refractivity contribution in [1.82, 2.24) is 0 Å². The Morgan fingerprint density at radius 2 is 1.75 bits per heavy atom. The Hall–Kier alpha value is -0.930. The summed E-state index contributed by atoms with van der Waals surface area (Å²) < 4.78 is 0. The van der Waals surface area contributed by atoms with E-state index in [2.05, 4.69) is 12.6 Å². The summed E-state index contributed by atoms with van der Waals surface area (Å²) in [6.07, 6.45) is 0. The Kier molecular flexibility index (Phi) is 2.76. The first kappa shape index (κ1) is 7.07. The highest BCUT2D eigenvalue weighted by Crippen LogP contribution is 2.03. The van der Waals surface area contributed by atoms with Crippen LogP contribution < -0.4 is 0 Å². The van der Waals surface area contributed by atoms with Crippen molar-refractivity contribution in [3.63, 3.8) is 0 Å². The van der Waals surface area contributed by atoms with Crippen molar-refractivity contribution in [3.8, 4) is 12.1 Å². The third-order valence-corrected chi connectivity index (χ3v) is 0.809. The summed E-state index contributed by atoms with van der Waals surface area (Å²) in [4.78, 5) is 0.468. The van der Waals surface area contributed by atoms with E-state index in [1.165, 1.54) is 0 Å². The van der Waals surface area contributed by atoms with Gasteiger partial charge in [0.1, 0.15) is 17.7 Å². The molecule has 0 fully saturated rings. The van der Waals surface area contributed by atoms with Gasteiger partial charge in [-0.15, -0.1) is 12.6 Å². The molecule has 0 aliphatic rings. The van der Waals surface area contributed by atoms with Crippen LogP contribution in [0.1, 0.15) is 6.92 Å². The minimum Gasteiger partial charge on any atom is -0.192 e. The summed E-state index contributed by atoms with van der Waals surface area (Å²) in [6.45, 7) is 1.60. The molecule has 0 bridgehead atoms. The van der Waals surface area contributed by atoms with E-state index in [9.17, 15) is 0 Å². The quantitative estimate of drug-likeness (QED) is 0.390. The second-order valence-corrected chi connectivity index (χ2v) is 1.85. The molecule has 0 rings (SSSR count). The molecule has 0 unspecified atom stereocenters. The van der Waals surface area contributed by atoms with Crippen molar-refractivity contribution in [1.29, 1.82) is 10.5 Å². The zero-order valence-corrected chi connectivity index (χ0v) is 5.24. The first-order chi connectivity index (χ1) is 3.72. The average Bonchev–Trinajstić information content (AvgIpc) is 1.69. The Morgan fingerprint density at radius 3 is 1.75 bits per heavy atom. The van der Waals surface area contributed by atoms with Crippen LogP contribution in [0, 0.1) is 22.7 Å². The van der Waals surface area contributed by atoms with E-state index in [-0.39, 0.29) is 5.57 Å². The number of thiol groups is 1. The number of nitriles is 2. The SMILES string of the molecule is CC(S)=C(C#N)C#N. The number of rotatable bonds is 0. The van der Waals surface area contributed by atoms with Gasteiger partial charge in [0.05, 0.1) is 0 Å². The Morgan fingerprint density at radius 1 is 1.38 bits per heavy atom. The van der Waals surface area contributed by atoms with Crippen molar-refractivity contribution in [3.05, 3.63) is 10.5 Å². The molecule has 0 atom stereocenters. The minimum absolute atomic E-state index is 0.0772. The lowest BCUT2D eigenvalue weighted by molar-refractivity contribution is 1.44. The molecular formula is C5H4N2S. The monoisotopic (exact) mass is 124 g/mol. The van der Waals surface area contributed by atoms with E-state index in [0.29, 0.717) is 4.91 Å². The van der Waals surface area contributed by atoms with E-state index in [1.54, 1.807) is 19.1 Å². The van der Waals surface area contributed by atoms with Crippen molar-refractivity contribution in [2.75, 3.05) is 0 Å². The largest absolute Gasteiger partial charge is 0.192 e. The first-order valence-electron chi connectivity index (χ1n) is 1.92. The molecular weight excluding hydrogens is 120 g/mol. The van der Waals surface area contributed by atoms with E-state index < -0.39 is 0 Å². The van der Waals surface area contributed by atoms with Gasteiger partial charge in [0.25, 0.3) is 0 Å². The normalized spacial score (nSPS) is 6.50. The molecule has 0 spiro atoms. The molecule has 0 radical (unpaired) electrons. The highest BCUT2D eigenvalue weighted by molar-refractivity contribution is 7.84. The molecule has 8 heavy (non-hydrogen) atoms. The van der Waals surface area contributed by atoms with Crippen LogP contribution in [-0.4, -0.2) is 0 Å². The van der Waals surface area contributed by atoms with Gasteiger partial charge >= 0.3 is 0 Å². The molecule has 0 N–H and O–H groups in total. The van der Waals surface area contributed by atoms with Gasteiger partial charge in [-0.3, -0.25) is 0 Å². The summed E-state index contributed by atoms with van der Waals surface area (Å²) in [5, 5.41) is 16.2. The van der Waals surface area contributed by atoms with Gasteiger partial charge in [-0.1, -0.05) is 0 Å². The van der Waals surface area contributed by atoms with Gasteiger partial charge < -0.3 is 0 Å². The summed E-state index contributed by atoms with van der Waals surface area (Å²) in [7, 11) is 0. The lowest BCUT2D eigenvalue weighted by atomic mass is 10.3. The van der Waals surface area contributed by atoms with Crippen LogP contribution in [0.3, 0.4) is 0 Å². The minimum atomic E-state index is 0.0772. The lowest BCUT2D eigenvalue weighted by Crippen LogP contribution is -1.71. The van der Waals surface area contributed by atoms with Crippen LogP contribution in [0.5, 0.6) is 0 Å². The van der Waals surface area contributed by atoms with E-state index in [0.717, 1.165) is 0 Å². The number of hydrogen-bond donors (Lipinski definition) is 1. The van der Waals surface area contributed by atoms with Crippen molar-refractivity contribution < 1.29 is 0 Å². The molecule has 0 aliphatic heterocycles. The standard InChI is InChI=1S/C5H4N2S/c1-4(8)5(2-6)3-7/h8H,1H3. The van der Waals surface area contributed by atoms with Crippen LogP contribution in [0.4, 0.5) is 0 Å². The molecule has 2 nitrogen and oxygen atoms in total. The zero-order chi connectivity index (χ0) is 6.57. The maximum absolute atomic E-state index is 8.12. The maximum Gasteiger partial charge on any atom is 0.138 e. The summed E-state index contributed by atoms with van der Waals surface area (Å²) in [5.74, 6) is 0. The van der Waals surface area contributed by atoms with Crippen LogP contribution in [0.25, 0.3) is 0 Å². The fraction of sp³-hybridized carbons (Fsp3) is 0.200. The van der Waals surface area contributed by atoms with Gasteiger partial charge in [-0.2, -0.15) is 10.5 Å². The van der Waals surface area contributed by atoms with Crippen LogP contribution >= 0.6 is 12.6 Å². The molecule has 0 aromatic rings. The molecule has 0 amide bonds. The molecule has 0 aromatic carbocycles. The van der Waals surface area contributed by atoms with Crippen LogP contribution in [0.2, 0.25) is 0 Å². The van der Waals surface area contributed by atoms with Gasteiger partial charge in [-0.05, 0) is 6.92 Å². The average molecular weight is 124 g/mol. The molecule has 0 aromatic heterocycles. The summed E-state index contributed by atoms with van der Waals surface area (Å²) in [5.41, 5.74) is 0.0772. The molecule has 0 aliphatic carbocycles. The van der Waals surface area contributed by atoms with Crippen molar-refractivity contribution in [2.45, 2.75) is 6.92 Å². The second-order valence-electron chi connectivity index (χ2n) is 1.18. The third kappa shape index (κ3) is 1.68. The Labute approximate surface area is 53.4 Å². The third-order valence-electron chi connectivity index (χ3n) is 0.585. The smallest absolute Gasteiger partial charge is 0.138 e. The first-order valence-corrected chi connectivity index (χ1v) is 2.37. The topological polar surface area (TPSA) is 47.6 Å². The van der Waals surface area contributed by atoms with Gasteiger partial charge in [0.2, 0.25) is 0 Å². The molecule has 0 heterocycles. The second kappa shape index (κ2) is 3.12. The number of hydrogen-bond acceptors (Lipinski definition) is 3. The van der Waals surface area contributed by atoms with Crippen LogP contribution in [-0.2, 0) is 0 Å². The van der Waals surface area contributed by atoms with Crippen LogP contribution in [0.15, 0.2) is 10.5 Å². The lowest BCUT2D eigenvalue weighted by Gasteiger charge is -1.80. The van der Waals surface area contributed by atoms with Crippen molar-refractivity contribution in [2.24, 2.45) is 0 Å². The predicted octanol–water partition coefficient (Wildman–Crippen LogP) is 1.24. The predicted molar refractivity (Wildman–Crippen MR) is 32.9 cm³/mol. The fourth-order valence-corrected chi connectivity index (χ4v) is 0.287. The fourth-order valence-electron chi connectivity index (χ4n) is 0.187. The number of nitrogens with zero attached hydrogens (tertiary/aromatic N) is 2. The van der Waals surface area contributed by atoms with Crippen molar-refractivity contribution >= 4 is 12.6 Å². The van der Waals surface area contributed by atoms with E-state index in [4.69, 9.17) is 10.5 Å². The molecule has 3 heteroatoms. The van der Waals surface area contributed by atoms with E-state index >= 15 is 0 Å². The molecule has 40 valence electrons. The van der Waals surface area contributed by atoms with Gasteiger partial charge in [0, 0.05) is 4.91 Å². The van der Waals surface area contributed by atoms with E-state index in [1.807, 2.05) is 0 Å². The maximum atomic E-state index is 8.12. The Bertz CT molecular complexity index is 171. The zero-order valence-electron chi connectivity index (χ0n) is 4.34. The Balaban J connectivity index is 4.47. The molecule has 0 saturated carbocycles. The summed E-state index contributed by atoms with van der Waals surface area (Å²) >= 11 is 3.79. The highest BCUT2D eigenvalue weighted by atomic mass is 32.1.